The summed E-state index contributed by atoms with van der Waals surface area (Å²) in [7, 11) is 1.17. The van der Waals surface area contributed by atoms with Crippen molar-refractivity contribution in [2.24, 2.45) is 0 Å². The van der Waals surface area contributed by atoms with Crippen molar-refractivity contribution in [2.45, 2.75) is 277 Å². The van der Waals surface area contributed by atoms with E-state index in [1.807, 2.05) is 21.1 Å². The number of phosphoric acid groups is 1. The number of hydrogen-bond donors (Lipinski definition) is 0. The fourth-order valence-electron chi connectivity index (χ4n) is 8.01. The third-order valence-electron chi connectivity index (χ3n) is 12.3. The molecule has 0 aromatic heterocycles. The summed E-state index contributed by atoms with van der Waals surface area (Å²) < 4.78 is 34.0. The molecular formula is C54H106NO8P. The molecule has 0 aliphatic heterocycles. The minimum Gasteiger partial charge on any atom is -0.756 e. The standard InChI is InChI=1S/C54H106NO8P/c1-6-8-10-12-14-16-18-20-21-22-23-24-25-26-27-28-29-30-31-32-33-34-35-37-38-40-42-44-46-53(56)60-50-52(51-62-64(58,59)61-49-48-55(3,4)5)63-54(57)47-45-43-41-39-36-19-17-15-13-11-9-7-2/h15,17,52H,6-14,16,18-51H2,1-5H3/b17-15-. The van der Waals surface area contributed by atoms with Crippen LogP contribution in [0.1, 0.15) is 271 Å². The highest BCUT2D eigenvalue weighted by Crippen LogP contribution is 2.38. The number of allylic oxidation sites excluding steroid dienone is 2. The molecule has 0 radical (unpaired) electrons. The molecule has 0 aromatic rings. The summed E-state index contributed by atoms with van der Waals surface area (Å²) in [6, 6.07) is 0. The van der Waals surface area contributed by atoms with Gasteiger partial charge >= 0.3 is 11.9 Å². The van der Waals surface area contributed by atoms with Gasteiger partial charge in [0.05, 0.1) is 27.7 Å². The van der Waals surface area contributed by atoms with E-state index in [4.69, 9.17) is 18.5 Å². The number of quaternary nitrogens is 1. The summed E-state index contributed by atoms with van der Waals surface area (Å²) in [5.41, 5.74) is 0. The SMILES string of the molecule is CCCCC/C=C\CCCCCCCC(=O)OC(COC(=O)CCCCCCCCCCCCCCCCCCCCCCCCCCCCCC)COP(=O)([O-])OCC[N+](C)(C)C. The first-order valence-electron chi connectivity index (χ1n) is 27.4. The van der Waals surface area contributed by atoms with E-state index in [0.717, 1.165) is 57.8 Å². The molecule has 10 heteroatoms. The van der Waals surface area contributed by atoms with Gasteiger partial charge in [-0.1, -0.05) is 231 Å². The largest absolute Gasteiger partial charge is 0.756 e. The highest BCUT2D eigenvalue weighted by Gasteiger charge is 2.21. The minimum atomic E-state index is -4.63. The van der Waals surface area contributed by atoms with E-state index < -0.39 is 26.5 Å². The zero-order valence-corrected chi connectivity index (χ0v) is 43.9. The third kappa shape index (κ3) is 50.2. The Bertz CT molecular complexity index is 1100. The number of unbranched alkanes of at least 4 members (excludes halogenated alkanes) is 35. The Morgan fingerprint density at radius 3 is 1.19 bits per heavy atom. The van der Waals surface area contributed by atoms with Gasteiger partial charge in [-0.05, 0) is 38.5 Å². The van der Waals surface area contributed by atoms with Crippen LogP contribution in [0.15, 0.2) is 12.2 Å². The summed E-state index contributed by atoms with van der Waals surface area (Å²) in [5, 5.41) is 0. The fourth-order valence-corrected chi connectivity index (χ4v) is 8.73. The Labute approximate surface area is 396 Å². The molecule has 0 aliphatic rings. The second kappa shape index (κ2) is 46.8. The average molecular weight is 928 g/mol. The first kappa shape index (κ1) is 62.8. The van der Waals surface area contributed by atoms with Crippen molar-refractivity contribution in [3.63, 3.8) is 0 Å². The van der Waals surface area contributed by atoms with E-state index in [2.05, 4.69) is 26.0 Å². The van der Waals surface area contributed by atoms with Gasteiger partial charge in [0.15, 0.2) is 6.10 Å². The Morgan fingerprint density at radius 2 is 0.797 bits per heavy atom. The summed E-state index contributed by atoms with van der Waals surface area (Å²) >= 11 is 0. The van der Waals surface area contributed by atoms with Crippen LogP contribution in [0.2, 0.25) is 0 Å². The molecule has 0 aliphatic carbocycles. The van der Waals surface area contributed by atoms with E-state index in [9.17, 15) is 19.0 Å². The van der Waals surface area contributed by atoms with Crippen molar-refractivity contribution in [3.8, 4) is 0 Å². The second-order valence-electron chi connectivity index (χ2n) is 20.0. The van der Waals surface area contributed by atoms with E-state index in [-0.39, 0.29) is 32.0 Å². The zero-order chi connectivity index (χ0) is 47.1. The fraction of sp³-hybridized carbons (Fsp3) is 0.926. The average Bonchev–Trinajstić information content (AvgIpc) is 3.25. The predicted molar refractivity (Wildman–Crippen MR) is 268 cm³/mol. The van der Waals surface area contributed by atoms with Crippen molar-refractivity contribution in [1.82, 2.24) is 0 Å². The molecular weight excluding hydrogens is 822 g/mol. The van der Waals surface area contributed by atoms with Crippen LogP contribution in [0.25, 0.3) is 0 Å². The predicted octanol–water partition coefficient (Wildman–Crippen LogP) is 15.8. The zero-order valence-electron chi connectivity index (χ0n) is 43.0. The van der Waals surface area contributed by atoms with E-state index >= 15 is 0 Å². The van der Waals surface area contributed by atoms with E-state index in [1.165, 1.54) is 180 Å². The molecule has 0 heterocycles. The monoisotopic (exact) mass is 928 g/mol. The lowest BCUT2D eigenvalue weighted by atomic mass is 10.0. The van der Waals surface area contributed by atoms with Gasteiger partial charge in [-0.3, -0.25) is 14.2 Å². The third-order valence-corrected chi connectivity index (χ3v) is 13.2. The lowest BCUT2D eigenvalue weighted by molar-refractivity contribution is -0.870. The number of ether oxygens (including phenoxy) is 2. The molecule has 0 bridgehead atoms. The van der Waals surface area contributed by atoms with Gasteiger partial charge in [0.2, 0.25) is 0 Å². The van der Waals surface area contributed by atoms with Crippen LogP contribution in [0.3, 0.4) is 0 Å². The number of carbonyl (C=O) groups excluding carboxylic acids is 2. The Hall–Kier alpha value is -1.25. The van der Waals surface area contributed by atoms with Gasteiger partial charge in [0.1, 0.15) is 19.8 Å². The molecule has 0 N–H and O–H groups in total. The summed E-state index contributed by atoms with van der Waals surface area (Å²) in [5.74, 6) is -0.830. The van der Waals surface area contributed by atoms with Crippen LogP contribution in [0, 0.1) is 0 Å². The maximum atomic E-state index is 12.7. The van der Waals surface area contributed by atoms with Gasteiger partial charge in [-0.15, -0.1) is 0 Å². The van der Waals surface area contributed by atoms with Crippen LogP contribution in [0.5, 0.6) is 0 Å². The molecule has 2 atom stereocenters. The summed E-state index contributed by atoms with van der Waals surface area (Å²) in [6.45, 7) is 4.24. The summed E-state index contributed by atoms with van der Waals surface area (Å²) in [6.07, 6.45) is 52.7. The molecule has 0 rings (SSSR count). The van der Waals surface area contributed by atoms with Gasteiger partial charge in [0.25, 0.3) is 7.82 Å². The molecule has 0 spiro atoms. The van der Waals surface area contributed by atoms with Crippen LogP contribution >= 0.6 is 7.82 Å². The molecule has 9 nitrogen and oxygen atoms in total. The van der Waals surface area contributed by atoms with Gasteiger partial charge in [0, 0.05) is 12.8 Å². The van der Waals surface area contributed by atoms with Crippen molar-refractivity contribution >= 4 is 19.8 Å². The van der Waals surface area contributed by atoms with Gasteiger partial charge in [-0.2, -0.15) is 0 Å². The Balaban J connectivity index is 4.01. The molecule has 64 heavy (non-hydrogen) atoms. The normalized spacial score (nSPS) is 13.4. The molecule has 0 amide bonds. The van der Waals surface area contributed by atoms with Crippen molar-refractivity contribution in [1.29, 1.82) is 0 Å². The van der Waals surface area contributed by atoms with Crippen molar-refractivity contribution in [3.05, 3.63) is 12.2 Å². The van der Waals surface area contributed by atoms with Crippen LogP contribution in [-0.2, 0) is 32.7 Å². The van der Waals surface area contributed by atoms with E-state index in [0.29, 0.717) is 17.4 Å². The maximum absolute atomic E-state index is 12.7. The molecule has 0 fully saturated rings. The number of rotatable bonds is 51. The molecule has 2 unspecified atom stereocenters. The number of carbonyl (C=O) groups is 2. The van der Waals surface area contributed by atoms with E-state index in [1.54, 1.807) is 0 Å². The highest BCUT2D eigenvalue weighted by atomic mass is 31.2. The van der Waals surface area contributed by atoms with Crippen LogP contribution in [-0.4, -0.2) is 70.0 Å². The topological polar surface area (TPSA) is 111 Å². The lowest BCUT2D eigenvalue weighted by Crippen LogP contribution is -2.37. The minimum absolute atomic E-state index is 0.0291. The van der Waals surface area contributed by atoms with Crippen LogP contribution < -0.4 is 4.89 Å². The quantitative estimate of drug-likeness (QED) is 0.0195. The Kier molecular flexibility index (Phi) is 45.9. The number of phosphoric ester groups is 1. The molecule has 0 aromatic carbocycles. The first-order valence-corrected chi connectivity index (χ1v) is 28.9. The number of esters is 2. The highest BCUT2D eigenvalue weighted by molar-refractivity contribution is 7.45. The number of likely N-dealkylation sites (N-methyl/N-ethyl adjacent to an activating group) is 1. The van der Waals surface area contributed by atoms with Crippen molar-refractivity contribution < 1.29 is 42.1 Å². The molecule has 0 saturated carbocycles. The molecule has 0 saturated heterocycles. The lowest BCUT2D eigenvalue weighted by Gasteiger charge is -2.28. The first-order chi connectivity index (χ1) is 31.0. The maximum Gasteiger partial charge on any atom is 0.306 e. The van der Waals surface area contributed by atoms with Gasteiger partial charge < -0.3 is 27.9 Å². The Morgan fingerprint density at radius 1 is 0.469 bits per heavy atom. The summed E-state index contributed by atoms with van der Waals surface area (Å²) in [4.78, 5) is 37.7. The second-order valence-corrected chi connectivity index (χ2v) is 21.4. The van der Waals surface area contributed by atoms with Crippen molar-refractivity contribution in [2.75, 3.05) is 47.5 Å². The number of nitrogens with zero attached hydrogens (tertiary/aromatic N) is 1. The number of hydrogen-bond acceptors (Lipinski definition) is 8. The van der Waals surface area contributed by atoms with Crippen LogP contribution in [0.4, 0.5) is 0 Å². The molecule has 380 valence electrons. The van der Waals surface area contributed by atoms with Gasteiger partial charge in [-0.25, -0.2) is 0 Å². The smallest absolute Gasteiger partial charge is 0.306 e.